The second kappa shape index (κ2) is 5.74. The number of benzene rings is 1. The van der Waals surface area contributed by atoms with Gasteiger partial charge < -0.3 is 14.5 Å². The summed E-state index contributed by atoms with van der Waals surface area (Å²) >= 11 is 7.05. The number of fused-ring (bicyclic) bond motifs is 1. The summed E-state index contributed by atoms with van der Waals surface area (Å²) in [6, 6.07) is 5.75. The lowest BCUT2D eigenvalue weighted by Gasteiger charge is -2.00. The molecule has 0 unspecified atom stereocenters. The van der Waals surface area contributed by atoms with E-state index >= 15 is 0 Å². The summed E-state index contributed by atoms with van der Waals surface area (Å²) in [5, 5.41) is 1.11. The molecule has 0 aliphatic heterocycles. The summed E-state index contributed by atoms with van der Waals surface area (Å²) < 4.78 is 10.1. The maximum Gasteiger partial charge on any atom is 0.321 e. The highest BCUT2D eigenvalue weighted by molar-refractivity contribution is 7.99. The zero-order chi connectivity index (χ0) is 14.8. The van der Waals surface area contributed by atoms with Crippen LogP contribution in [0.5, 0.6) is 11.8 Å². The first kappa shape index (κ1) is 13.9. The fourth-order valence-corrected chi connectivity index (χ4v) is 2.61. The van der Waals surface area contributed by atoms with E-state index in [1.807, 2.05) is 18.2 Å². The number of nitrogens with one attached hydrogen (secondary N) is 1. The number of ether oxygens (including phenoxy) is 2. The molecule has 0 amide bonds. The van der Waals surface area contributed by atoms with Crippen LogP contribution in [0, 0.1) is 0 Å². The van der Waals surface area contributed by atoms with Gasteiger partial charge in [-0.2, -0.15) is 15.0 Å². The van der Waals surface area contributed by atoms with E-state index in [0.717, 1.165) is 16.8 Å². The minimum absolute atomic E-state index is 0.0714. The lowest BCUT2D eigenvalue weighted by atomic mass is 10.3. The highest BCUT2D eigenvalue weighted by atomic mass is 35.5. The van der Waals surface area contributed by atoms with Crippen LogP contribution in [0.2, 0.25) is 5.28 Å². The molecular weight excluding hydrogens is 314 g/mol. The zero-order valence-corrected chi connectivity index (χ0v) is 12.7. The molecule has 108 valence electrons. The van der Waals surface area contributed by atoms with E-state index in [9.17, 15) is 0 Å². The molecule has 0 saturated heterocycles. The van der Waals surface area contributed by atoms with Crippen molar-refractivity contribution in [3.8, 4) is 11.8 Å². The van der Waals surface area contributed by atoms with Crippen molar-refractivity contribution in [1.82, 2.24) is 24.9 Å². The van der Waals surface area contributed by atoms with Gasteiger partial charge in [0, 0.05) is 6.07 Å². The van der Waals surface area contributed by atoms with Gasteiger partial charge in [0.15, 0.2) is 5.16 Å². The Bertz CT molecular complexity index is 794. The van der Waals surface area contributed by atoms with Crippen LogP contribution in [-0.2, 0) is 0 Å². The van der Waals surface area contributed by atoms with Gasteiger partial charge in [-0.15, -0.1) is 0 Å². The molecule has 1 aromatic carbocycles. The number of imidazole rings is 1. The number of nitrogens with zero attached hydrogens (tertiary/aromatic N) is 4. The van der Waals surface area contributed by atoms with Crippen molar-refractivity contribution >= 4 is 34.4 Å². The van der Waals surface area contributed by atoms with Gasteiger partial charge in [0.05, 0.1) is 25.3 Å². The average Bonchev–Trinajstić information content (AvgIpc) is 2.87. The number of hydrogen-bond acceptors (Lipinski definition) is 7. The first-order valence-electron chi connectivity index (χ1n) is 5.85. The van der Waals surface area contributed by atoms with E-state index in [1.54, 1.807) is 7.11 Å². The first-order chi connectivity index (χ1) is 10.2. The molecule has 2 aromatic heterocycles. The summed E-state index contributed by atoms with van der Waals surface area (Å²) in [7, 11) is 3.08. The third-order valence-electron chi connectivity index (χ3n) is 2.60. The highest BCUT2D eigenvalue weighted by Gasteiger charge is 2.10. The highest BCUT2D eigenvalue weighted by Crippen LogP contribution is 2.27. The lowest BCUT2D eigenvalue weighted by Crippen LogP contribution is -1.97. The second-order valence-electron chi connectivity index (χ2n) is 3.90. The van der Waals surface area contributed by atoms with Crippen molar-refractivity contribution in [2.24, 2.45) is 0 Å². The predicted octanol–water partition coefficient (Wildman–Crippen LogP) is 2.57. The molecule has 21 heavy (non-hydrogen) atoms. The van der Waals surface area contributed by atoms with Crippen LogP contribution in [0.3, 0.4) is 0 Å². The fourth-order valence-electron chi connectivity index (χ4n) is 1.68. The van der Waals surface area contributed by atoms with Gasteiger partial charge >= 0.3 is 6.01 Å². The van der Waals surface area contributed by atoms with Gasteiger partial charge in [-0.05, 0) is 35.5 Å². The quantitative estimate of drug-likeness (QED) is 0.789. The van der Waals surface area contributed by atoms with Gasteiger partial charge in [-0.1, -0.05) is 0 Å². The fraction of sp³-hybridized carbons (Fsp3) is 0.167. The Morgan fingerprint density at radius 3 is 2.71 bits per heavy atom. The third kappa shape index (κ3) is 3.01. The molecule has 0 radical (unpaired) electrons. The van der Waals surface area contributed by atoms with Crippen LogP contribution in [0.25, 0.3) is 11.0 Å². The Hall–Kier alpha value is -2.06. The third-order valence-corrected chi connectivity index (χ3v) is 3.53. The molecule has 1 N–H and O–H groups in total. The average molecular weight is 324 g/mol. The Labute approximate surface area is 129 Å². The van der Waals surface area contributed by atoms with E-state index in [1.165, 1.54) is 18.9 Å². The Kier molecular flexibility index (Phi) is 3.80. The molecule has 3 rings (SSSR count). The van der Waals surface area contributed by atoms with Crippen molar-refractivity contribution in [3.63, 3.8) is 0 Å². The van der Waals surface area contributed by atoms with E-state index in [0.29, 0.717) is 10.3 Å². The van der Waals surface area contributed by atoms with Gasteiger partial charge in [-0.3, -0.25) is 0 Å². The van der Waals surface area contributed by atoms with Gasteiger partial charge in [0.2, 0.25) is 10.4 Å². The van der Waals surface area contributed by atoms with Crippen LogP contribution in [-0.4, -0.2) is 39.1 Å². The molecule has 9 heteroatoms. The molecule has 0 aliphatic carbocycles. The van der Waals surface area contributed by atoms with Crippen LogP contribution < -0.4 is 9.47 Å². The minimum atomic E-state index is 0.0714. The molecule has 0 bridgehead atoms. The lowest BCUT2D eigenvalue weighted by molar-refractivity contribution is 0.373. The van der Waals surface area contributed by atoms with E-state index in [2.05, 4.69) is 24.9 Å². The first-order valence-corrected chi connectivity index (χ1v) is 7.04. The molecular formula is C12H10ClN5O2S. The van der Waals surface area contributed by atoms with E-state index < -0.39 is 0 Å². The number of hydrogen-bond donors (Lipinski definition) is 1. The number of methoxy groups -OCH3 is 2. The molecule has 0 saturated carbocycles. The van der Waals surface area contributed by atoms with Gasteiger partial charge in [0.25, 0.3) is 0 Å². The van der Waals surface area contributed by atoms with Crippen molar-refractivity contribution < 1.29 is 9.47 Å². The van der Waals surface area contributed by atoms with Gasteiger partial charge in [-0.25, -0.2) is 4.98 Å². The van der Waals surface area contributed by atoms with E-state index in [-0.39, 0.29) is 11.3 Å². The number of aromatic nitrogens is 5. The molecule has 2 heterocycles. The molecule has 7 nitrogen and oxygen atoms in total. The van der Waals surface area contributed by atoms with Crippen molar-refractivity contribution in [1.29, 1.82) is 0 Å². The van der Waals surface area contributed by atoms with E-state index in [4.69, 9.17) is 21.1 Å². The molecule has 0 spiro atoms. The largest absolute Gasteiger partial charge is 0.497 e. The molecule has 3 aromatic rings. The molecule has 0 aliphatic rings. The molecule has 0 fully saturated rings. The SMILES string of the molecule is COc1ccc2nc(Sc3nc(Cl)nc(OC)n3)[nH]c2c1. The summed E-state index contributed by atoms with van der Waals surface area (Å²) in [6.45, 7) is 0. The Balaban J connectivity index is 1.92. The summed E-state index contributed by atoms with van der Waals surface area (Å²) in [5.41, 5.74) is 1.69. The normalized spacial score (nSPS) is 10.8. The topological polar surface area (TPSA) is 85.8 Å². The van der Waals surface area contributed by atoms with Crippen LogP contribution >= 0.6 is 23.4 Å². The minimum Gasteiger partial charge on any atom is -0.497 e. The summed E-state index contributed by atoms with van der Waals surface area (Å²) in [6.07, 6.45) is 0. The summed E-state index contributed by atoms with van der Waals surface area (Å²) in [5.74, 6) is 0.757. The van der Waals surface area contributed by atoms with Crippen LogP contribution in [0.1, 0.15) is 0 Å². The maximum atomic E-state index is 5.81. The Morgan fingerprint density at radius 1 is 1.10 bits per heavy atom. The number of aromatic amines is 1. The van der Waals surface area contributed by atoms with Crippen LogP contribution in [0.4, 0.5) is 0 Å². The second-order valence-corrected chi connectivity index (χ2v) is 5.19. The standard InChI is InChI=1S/C12H10ClN5O2S/c1-19-6-3-4-7-8(5-6)15-11(14-7)21-12-17-9(13)16-10(18-12)20-2/h3-5H,1-2H3,(H,14,15). The summed E-state index contributed by atoms with van der Waals surface area (Å²) in [4.78, 5) is 19.5. The number of rotatable bonds is 4. The van der Waals surface area contributed by atoms with Gasteiger partial charge in [0.1, 0.15) is 5.75 Å². The monoisotopic (exact) mass is 323 g/mol. The molecule has 0 atom stereocenters. The number of H-pyrrole nitrogens is 1. The predicted molar refractivity (Wildman–Crippen MR) is 78.2 cm³/mol. The van der Waals surface area contributed by atoms with Crippen molar-refractivity contribution in [2.75, 3.05) is 14.2 Å². The zero-order valence-electron chi connectivity index (χ0n) is 11.1. The Morgan fingerprint density at radius 2 is 1.95 bits per heavy atom. The van der Waals surface area contributed by atoms with Crippen LogP contribution in [0.15, 0.2) is 28.5 Å². The smallest absolute Gasteiger partial charge is 0.321 e. The number of halogens is 1. The maximum absolute atomic E-state index is 5.81. The van der Waals surface area contributed by atoms with Crippen molar-refractivity contribution in [3.05, 3.63) is 23.5 Å². The van der Waals surface area contributed by atoms with Crippen molar-refractivity contribution in [2.45, 2.75) is 10.3 Å².